The van der Waals surface area contributed by atoms with E-state index < -0.39 is 0 Å². The van der Waals surface area contributed by atoms with E-state index >= 15 is 0 Å². The number of nitrogens with zero attached hydrogens (tertiary/aromatic N) is 2. The summed E-state index contributed by atoms with van der Waals surface area (Å²) >= 11 is 1.43. The molecule has 122 valence electrons. The molecule has 1 aliphatic carbocycles. The zero-order chi connectivity index (χ0) is 16.1. The molecule has 0 aliphatic heterocycles. The first-order valence-electron chi connectivity index (χ1n) is 8.44. The van der Waals surface area contributed by atoms with E-state index in [4.69, 9.17) is 0 Å². The van der Waals surface area contributed by atoms with Gasteiger partial charge in [0.25, 0.3) is 5.91 Å². The van der Waals surface area contributed by atoms with E-state index in [0.717, 1.165) is 29.2 Å². The van der Waals surface area contributed by atoms with Gasteiger partial charge in [0, 0.05) is 12.2 Å². The van der Waals surface area contributed by atoms with Gasteiger partial charge >= 0.3 is 0 Å². The van der Waals surface area contributed by atoms with Crippen molar-refractivity contribution in [1.82, 2.24) is 15.3 Å². The van der Waals surface area contributed by atoms with Gasteiger partial charge in [-0.2, -0.15) is 0 Å². The molecule has 1 N–H and O–H groups in total. The Balaban J connectivity index is 1.71. The highest BCUT2D eigenvalue weighted by molar-refractivity contribution is 7.17. The predicted octanol–water partition coefficient (Wildman–Crippen LogP) is 4.36. The molecule has 23 heavy (non-hydrogen) atoms. The minimum Gasteiger partial charge on any atom is -0.349 e. The van der Waals surface area contributed by atoms with E-state index in [0.29, 0.717) is 10.9 Å². The van der Waals surface area contributed by atoms with Crippen LogP contribution in [0.5, 0.6) is 0 Å². The van der Waals surface area contributed by atoms with Gasteiger partial charge < -0.3 is 5.32 Å². The molecule has 2 aromatic heterocycles. The zero-order valence-corrected chi connectivity index (χ0v) is 14.4. The summed E-state index contributed by atoms with van der Waals surface area (Å²) in [6.45, 7) is 1.90. The van der Waals surface area contributed by atoms with Crippen molar-refractivity contribution in [3.8, 4) is 10.7 Å². The van der Waals surface area contributed by atoms with Crippen LogP contribution < -0.4 is 5.32 Å². The fourth-order valence-electron chi connectivity index (χ4n) is 3.06. The van der Waals surface area contributed by atoms with Crippen molar-refractivity contribution in [2.45, 2.75) is 57.9 Å². The minimum absolute atomic E-state index is 0.0211. The number of pyridine rings is 1. The zero-order valence-electron chi connectivity index (χ0n) is 13.5. The van der Waals surface area contributed by atoms with Gasteiger partial charge in [-0.05, 0) is 31.9 Å². The van der Waals surface area contributed by atoms with Gasteiger partial charge in [0.15, 0.2) is 0 Å². The lowest BCUT2D eigenvalue weighted by atomic mass is 9.97. The highest BCUT2D eigenvalue weighted by Crippen LogP contribution is 2.27. The van der Waals surface area contributed by atoms with Crippen molar-refractivity contribution in [2.75, 3.05) is 0 Å². The molecule has 0 aromatic carbocycles. The Morgan fingerprint density at radius 1 is 1.17 bits per heavy atom. The second-order valence-electron chi connectivity index (χ2n) is 6.16. The minimum atomic E-state index is 0.0211. The predicted molar refractivity (Wildman–Crippen MR) is 93.7 cm³/mol. The van der Waals surface area contributed by atoms with Crippen molar-refractivity contribution >= 4 is 17.2 Å². The van der Waals surface area contributed by atoms with Gasteiger partial charge in [-0.3, -0.25) is 9.78 Å². The molecule has 2 heterocycles. The van der Waals surface area contributed by atoms with Gasteiger partial charge in [-0.1, -0.05) is 38.2 Å². The molecule has 0 radical (unpaired) electrons. The molecule has 1 saturated carbocycles. The van der Waals surface area contributed by atoms with E-state index in [1.54, 1.807) is 6.20 Å². The molecule has 0 spiro atoms. The van der Waals surface area contributed by atoms with Crippen LogP contribution >= 0.6 is 11.3 Å². The van der Waals surface area contributed by atoms with Gasteiger partial charge in [0.1, 0.15) is 9.88 Å². The number of carbonyl (C=O) groups excluding carboxylic acids is 1. The number of nitrogens with one attached hydrogen (secondary N) is 1. The molecular weight excluding hydrogens is 306 g/mol. The maximum absolute atomic E-state index is 12.6. The van der Waals surface area contributed by atoms with Gasteiger partial charge in [-0.15, -0.1) is 11.3 Å². The van der Waals surface area contributed by atoms with Crippen molar-refractivity contribution in [3.05, 3.63) is 35.0 Å². The van der Waals surface area contributed by atoms with Crippen LogP contribution in [0.25, 0.3) is 10.7 Å². The molecule has 5 heteroatoms. The first-order chi connectivity index (χ1) is 11.2. The highest BCUT2D eigenvalue weighted by atomic mass is 32.1. The largest absolute Gasteiger partial charge is 0.349 e. The van der Waals surface area contributed by atoms with E-state index in [1.807, 2.05) is 25.1 Å². The standard InChI is InChI=1S/C18H23N3OS/c1-13-16(23-18(20-13)15-11-7-8-12-19-15)17(22)21-14-9-5-3-2-4-6-10-14/h7-8,11-12,14H,2-6,9-10H2,1H3,(H,21,22). The number of thiazole rings is 1. The van der Waals surface area contributed by atoms with Crippen LogP contribution in [0.15, 0.2) is 24.4 Å². The van der Waals surface area contributed by atoms with Crippen LogP contribution in [0.3, 0.4) is 0 Å². The van der Waals surface area contributed by atoms with Crippen molar-refractivity contribution in [1.29, 1.82) is 0 Å². The third-order valence-corrected chi connectivity index (χ3v) is 5.51. The number of amides is 1. The van der Waals surface area contributed by atoms with Gasteiger partial charge in [0.2, 0.25) is 0 Å². The molecule has 4 nitrogen and oxygen atoms in total. The lowest BCUT2D eigenvalue weighted by molar-refractivity contribution is 0.0934. The normalized spacial score (nSPS) is 16.6. The summed E-state index contributed by atoms with van der Waals surface area (Å²) in [5.41, 5.74) is 1.62. The molecule has 3 rings (SSSR count). The molecule has 1 fully saturated rings. The summed E-state index contributed by atoms with van der Waals surface area (Å²) in [5.74, 6) is 0.0211. The Morgan fingerprint density at radius 3 is 2.61 bits per heavy atom. The summed E-state index contributed by atoms with van der Waals surface area (Å²) in [7, 11) is 0. The van der Waals surface area contributed by atoms with E-state index in [1.165, 1.54) is 43.4 Å². The third kappa shape index (κ3) is 4.16. The molecule has 2 aromatic rings. The third-order valence-electron chi connectivity index (χ3n) is 4.33. The Morgan fingerprint density at radius 2 is 1.91 bits per heavy atom. The highest BCUT2D eigenvalue weighted by Gasteiger charge is 2.20. The Kier molecular flexibility index (Phi) is 5.39. The van der Waals surface area contributed by atoms with Gasteiger partial charge in [-0.25, -0.2) is 4.98 Å². The van der Waals surface area contributed by atoms with Crippen LogP contribution in [0.1, 0.15) is 60.3 Å². The molecule has 0 unspecified atom stereocenters. The molecule has 0 bridgehead atoms. The lowest BCUT2D eigenvalue weighted by Gasteiger charge is -2.20. The lowest BCUT2D eigenvalue weighted by Crippen LogP contribution is -2.35. The quantitative estimate of drug-likeness (QED) is 0.910. The Hall–Kier alpha value is -1.75. The summed E-state index contributed by atoms with van der Waals surface area (Å²) in [6.07, 6.45) is 10.3. The SMILES string of the molecule is Cc1nc(-c2ccccn2)sc1C(=O)NC1CCCCCCC1. The van der Waals surface area contributed by atoms with Gasteiger partial charge in [0.05, 0.1) is 11.4 Å². The molecule has 1 aliphatic rings. The maximum Gasteiger partial charge on any atom is 0.263 e. The second kappa shape index (κ2) is 7.68. The van der Waals surface area contributed by atoms with Crippen molar-refractivity contribution in [3.63, 3.8) is 0 Å². The van der Waals surface area contributed by atoms with Crippen LogP contribution in [0.2, 0.25) is 0 Å². The number of hydrogen-bond acceptors (Lipinski definition) is 4. The Labute approximate surface area is 141 Å². The summed E-state index contributed by atoms with van der Waals surface area (Å²) < 4.78 is 0. The monoisotopic (exact) mass is 329 g/mol. The number of aryl methyl sites for hydroxylation is 1. The van der Waals surface area contributed by atoms with E-state index in [2.05, 4.69) is 15.3 Å². The van der Waals surface area contributed by atoms with Crippen molar-refractivity contribution < 1.29 is 4.79 Å². The average Bonchev–Trinajstić information content (AvgIpc) is 2.93. The first kappa shape index (κ1) is 16.1. The number of aromatic nitrogens is 2. The molecule has 1 amide bonds. The molecule has 0 saturated heterocycles. The van der Waals surface area contributed by atoms with Crippen LogP contribution in [-0.4, -0.2) is 21.9 Å². The fraction of sp³-hybridized carbons (Fsp3) is 0.500. The average molecular weight is 329 g/mol. The van der Waals surface area contributed by atoms with E-state index in [9.17, 15) is 4.79 Å². The van der Waals surface area contributed by atoms with Crippen LogP contribution in [0, 0.1) is 6.92 Å². The summed E-state index contributed by atoms with van der Waals surface area (Å²) in [5, 5.41) is 4.03. The smallest absolute Gasteiger partial charge is 0.263 e. The summed E-state index contributed by atoms with van der Waals surface area (Å²) in [6, 6.07) is 6.05. The molecular formula is C18H23N3OS. The Bertz CT molecular complexity index is 646. The molecule has 0 atom stereocenters. The second-order valence-corrected chi connectivity index (χ2v) is 7.16. The summed E-state index contributed by atoms with van der Waals surface area (Å²) in [4.78, 5) is 22.2. The maximum atomic E-state index is 12.6. The first-order valence-corrected chi connectivity index (χ1v) is 9.25. The number of rotatable bonds is 3. The van der Waals surface area contributed by atoms with E-state index in [-0.39, 0.29) is 5.91 Å². The van der Waals surface area contributed by atoms with Crippen molar-refractivity contribution in [2.24, 2.45) is 0 Å². The number of hydrogen-bond donors (Lipinski definition) is 1. The number of carbonyl (C=O) groups is 1. The topological polar surface area (TPSA) is 54.9 Å². The van der Waals surface area contributed by atoms with Crippen LogP contribution in [-0.2, 0) is 0 Å². The van der Waals surface area contributed by atoms with Crippen LogP contribution in [0.4, 0.5) is 0 Å². The fourth-order valence-corrected chi connectivity index (χ4v) is 4.00.